The second-order valence-electron chi connectivity index (χ2n) is 9.03. The zero-order chi connectivity index (χ0) is 23.6. The lowest BCUT2D eigenvalue weighted by molar-refractivity contribution is -0.129. The number of benzene rings is 2. The second-order valence-corrected chi connectivity index (χ2v) is 9.96. The van der Waals surface area contributed by atoms with Crippen molar-refractivity contribution in [1.82, 2.24) is 15.1 Å². The minimum Gasteiger partial charge on any atom is -0.493 e. The average Bonchev–Trinajstić information content (AvgIpc) is 3.29. The van der Waals surface area contributed by atoms with Crippen molar-refractivity contribution >= 4 is 17.7 Å². The van der Waals surface area contributed by atoms with E-state index in [1.165, 1.54) is 22.9 Å². The molecule has 0 saturated heterocycles. The van der Waals surface area contributed by atoms with Crippen LogP contribution in [0.4, 0.5) is 0 Å². The number of fused-ring (bicyclic) bond motifs is 1. The molecule has 0 bridgehead atoms. The minimum atomic E-state index is 0.0368. The second kappa shape index (κ2) is 9.47. The number of rotatable bonds is 6. The lowest BCUT2D eigenvalue weighted by atomic mass is 9.87. The van der Waals surface area contributed by atoms with Crippen LogP contribution in [0.25, 0.3) is 11.5 Å². The standard InChI is InChI=1S/C25H29N3O4S/c1-25(2,3)19-8-6-16(7-9-19)23-26-27-24(32-23)33-15-22(29)28-11-10-17-12-20(30-4)21(31-5)13-18(17)14-28/h6-9,12-13H,10-11,14-15H2,1-5H3. The molecule has 0 N–H and O–H groups in total. The normalized spacial score (nSPS) is 13.5. The molecule has 2 aromatic carbocycles. The largest absolute Gasteiger partial charge is 0.493 e. The molecule has 3 aromatic rings. The minimum absolute atomic E-state index is 0.0368. The van der Waals surface area contributed by atoms with E-state index in [1.807, 2.05) is 29.2 Å². The molecule has 2 heterocycles. The first-order valence-electron chi connectivity index (χ1n) is 10.9. The van der Waals surface area contributed by atoms with E-state index >= 15 is 0 Å². The molecule has 1 aromatic heterocycles. The maximum absolute atomic E-state index is 12.8. The summed E-state index contributed by atoms with van der Waals surface area (Å²) in [5, 5.41) is 8.64. The van der Waals surface area contributed by atoms with Crippen molar-refractivity contribution in [3.8, 4) is 23.0 Å². The smallest absolute Gasteiger partial charge is 0.277 e. The zero-order valence-electron chi connectivity index (χ0n) is 19.7. The van der Waals surface area contributed by atoms with Crippen molar-refractivity contribution in [1.29, 1.82) is 0 Å². The van der Waals surface area contributed by atoms with Gasteiger partial charge in [-0.05, 0) is 52.8 Å². The van der Waals surface area contributed by atoms with Crippen LogP contribution in [0.5, 0.6) is 11.5 Å². The highest BCUT2D eigenvalue weighted by Gasteiger charge is 2.23. The Kier molecular flexibility index (Phi) is 6.65. The van der Waals surface area contributed by atoms with Crippen molar-refractivity contribution in [2.45, 2.75) is 44.4 Å². The van der Waals surface area contributed by atoms with Crippen LogP contribution in [0, 0.1) is 0 Å². The van der Waals surface area contributed by atoms with E-state index in [2.05, 4.69) is 43.1 Å². The van der Waals surface area contributed by atoms with Gasteiger partial charge in [0.2, 0.25) is 11.8 Å². The molecule has 8 heteroatoms. The van der Waals surface area contributed by atoms with Crippen LogP contribution < -0.4 is 9.47 Å². The Morgan fingerprint density at radius 3 is 2.36 bits per heavy atom. The molecule has 0 fully saturated rings. The number of carbonyl (C=O) groups excluding carboxylic acids is 1. The van der Waals surface area contributed by atoms with Gasteiger partial charge in [0.15, 0.2) is 11.5 Å². The molecule has 0 saturated carbocycles. The van der Waals surface area contributed by atoms with Gasteiger partial charge >= 0.3 is 0 Å². The van der Waals surface area contributed by atoms with Crippen LogP contribution in [0.2, 0.25) is 0 Å². The Morgan fingerprint density at radius 2 is 1.73 bits per heavy atom. The number of thioether (sulfide) groups is 1. The molecule has 0 aliphatic carbocycles. The zero-order valence-corrected chi connectivity index (χ0v) is 20.5. The van der Waals surface area contributed by atoms with E-state index in [4.69, 9.17) is 13.9 Å². The monoisotopic (exact) mass is 467 g/mol. The Hall–Kier alpha value is -3.00. The van der Waals surface area contributed by atoms with E-state index in [0.717, 1.165) is 17.5 Å². The maximum atomic E-state index is 12.8. The SMILES string of the molecule is COc1cc2c(cc1OC)CN(C(=O)CSc1nnc(-c3ccc(C(C)(C)C)cc3)o1)CC2. The number of ether oxygens (including phenoxy) is 2. The fraction of sp³-hybridized carbons (Fsp3) is 0.400. The summed E-state index contributed by atoms with van der Waals surface area (Å²) < 4.78 is 16.6. The summed E-state index contributed by atoms with van der Waals surface area (Å²) in [6.45, 7) is 7.74. The number of nitrogens with zero attached hydrogens (tertiary/aromatic N) is 3. The first-order valence-corrected chi connectivity index (χ1v) is 11.9. The van der Waals surface area contributed by atoms with Crippen molar-refractivity contribution in [3.63, 3.8) is 0 Å². The molecule has 7 nitrogen and oxygen atoms in total. The molecule has 1 aliphatic rings. The molecule has 33 heavy (non-hydrogen) atoms. The van der Waals surface area contributed by atoms with Crippen LogP contribution in [-0.2, 0) is 23.2 Å². The highest BCUT2D eigenvalue weighted by atomic mass is 32.2. The van der Waals surface area contributed by atoms with Gasteiger partial charge < -0.3 is 18.8 Å². The van der Waals surface area contributed by atoms with Crippen molar-refractivity contribution in [2.24, 2.45) is 0 Å². The number of hydrogen-bond acceptors (Lipinski definition) is 7. The quantitative estimate of drug-likeness (QED) is 0.485. The summed E-state index contributed by atoms with van der Waals surface area (Å²) in [5.41, 5.74) is 4.45. The van der Waals surface area contributed by atoms with Crippen LogP contribution in [0.15, 0.2) is 46.0 Å². The number of carbonyl (C=O) groups is 1. The first-order chi connectivity index (χ1) is 15.8. The number of methoxy groups -OCH3 is 2. The summed E-state index contributed by atoms with van der Waals surface area (Å²) >= 11 is 1.26. The molecule has 0 atom stereocenters. The maximum Gasteiger partial charge on any atom is 0.277 e. The van der Waals surface area contributed by atoms with Crippen molar-refractivity contribution in [2.75, 3.05) is 26.5 Å². The molecule has 174 valence electrons. The van der Waals surface area contributed by atoms with Gasteiger partial charge in [0, 0.05) is 18.7 Å². The molecule has 0 unspecified atom stereocenters. The summed E-state index contributed by atoms with van der Waals surface area (Å²) in [7, 11) is 3.24. The lowest BCUT2D eigenvalue weighted by Crippen LogP contribution is -2.37. The Labute approximate surface area is 198 Å². The fourth-order valence-electron chi connectivity index (χ4n) is 3.81. The molecule has 1 amide bonds. The van der Waals surface area contributed by atoms with Gasteiger partial charge in [0.05, 0.1) is 20.0 Å². The molecule has 1 aliphatic heterocycles. The van der Waals surface area contributed by atoms with Crippen LogP contribution in [0.1, 0.15) is 37.5 Å². The van der Waals surface area contributed by atoms with E-state index in [9.17, 15) is 4.79 Å². The predicted octanol–water partition coefficient (Wildman–Crippen LogP) is 4.73. The average molecular weight is 468 g/mol. The van der Waals surface area contributed by atoms with Gasteiger partial charge in [-0.3, -0.25) is 4.79 Å². The van der Waals surface area contributed by atoms with Gasteiger partial charge in [0.25, 0.3) is 5.22 Å². The Morgan fingerprint density at radius 1 is 1.06 bits per heavy atom. The lowest BCUT2D eigenvalue weighted by Gasteiger charge is -2.29. The summed E-state index contributed by atoms with van der Waals surface area (Å²) in [4.78, 5) is 14.7. The van der Waals surface area contributed by atoms with Crippen LogP contribution >= 0.6 is 11.8 Å². The van der Waals surface area contributed by atoms with Gasteiger partial charge in [-0.25, -0.2) is 0 Å². The third kappa shape index (κ3) is 5.16. The Balaban J connectivity index is 1.37. The molecular weight excluding hydrogens is 438 g/mol. The third-order valence-electron chi connectivity index (χ3n) is 5.79. The summed E-state index contributed by atoms with van der Waals surface area (Å²) in [6, 6.07) is 12.1. The topological polar surface area (TPSA) is 77.7 Å². The van der Waals surface area contributed by atoms with Crippen LogP contribution in [0.3, 0.4) is 0 Å². The molecule has 0 radical (unpaired) electrons. The third-order valence-corrected chi connectivity index (χ3v) is 6.60. The van der Waals surface area contributed by atoms with Crippen molar-refractivity contribution < 1.29 is 18.7 Å². The van der Waals surface area contributed by atoms with E-state index < -0.39 is 0 Å². The van der Waals surface area contributed by atoms with E-state index in [-0.39, 0.29) is 17.1 Å². The van der Waals surface area contributed by atoms with Gasteiger partial charge in [-0.2, -0.15) is 0 Å². The first kappa shape index (κ1) is 23.2. The predicted molar refractivity (Wildman–Crippen MR) is 128 cm³/mol. The molecule has 0 spiro atoms. The van der Waals surface area contributed by atoms with Gasteiger partial charge in [0.1, 0.15) is 0 Å². The summed E-state index contributed by atoms with van der Waals surface area (Å²) in [5.74, 6) is 2.13. The fourth-order valence-corrected chi connectivity index (χ4v) is 4.47. The van der Waals surface area contributed by atoms with E-state index in [1.54, 1.807) is 14.2 Å². The van der Waals surface area contributed by atoms with Gasteiger partial charge in [-0.1, -0.05) is 44.7 Å². The van der Waals surface area contributed by atoms with E-state index in [0.29, 0.717) is 35.7 Å². The number of amides is 1. The highest BCUT2D eigenvalue weighted by molar-refractivity contribution is 7.99. The molecule has 4 rings (SSSR count). The number of aromatic nitrogens is 2. The van der Waals surface area contributed by atoms with Crippen LogP contribution in [-0.4, -0.2) is 47.5 Å². The van der Waals surface area contributed by atoms with Crippen molar-refractivity contribution in [3.05, 3.63) is 53.1 Å². The van der Waals surface area contributed by atoms with Gasteiger partial charge in [-0.15, -0.1) is 10.2 Å². The number of hydrogen-bond donors (Lipinski definition) is 0. The molecular formula is C25H29N3O4S. The highest BCUT2D eigenvalue weighted by Crippen LogP contribution is 2.33. The summed E-state index contributed by atoms with van der Waals surface area (Å²) in [6.07, 6.45) is 0.779. The Bertz CT molecular complexity index is 1140.